The Morgan fingerprint density at radius 1 is 1.12 bits per heavy atom. The number of benzene rings is 1. The molecule has 0 aliphatic heterocycles. The van der Waals surface area contributed by atoms with Crippen LogP contribution in [-0.4, -0.2) is 39.4 Å². The smallest absolute Gasteiger partial charge is 0.236 e. The van der Waals surface area contributed by atoms with Gasteiger partial charge in [0.25, 0.3) is 0 Å². The first-order valence-electron chi connectivity index (χ1n) is 8.57. The summed E-state index contributed by atoms with van der Waals surface area (Å²) in [6.07, 6.45) is 6.82. The highest BCUT2D eigenvalue weighted by molar-refractivity contribution is 5.94. The number of hydrogen-bond donors (Lipinski definition) is 0. The van der Waals surface area contributed by atoms with Crippen LogP contribution in [-0.2, 0) is 4.79 Å². The third-order valence-electron chi connectivity index (χ3n) is 4.83. The fourth-order valence-corrected chi connectivity index (χ4v) is 3.44. The van der Waals surface area contributed by atoms with Crippen LogP contribution in [0.1, 0.15) is 31.5 Å². The lowest BCUT2D eigenvalue weighted by Crippen LogP contribution is -2.42. The zero-order chi connectivity index (χ0) is 17.1. The van der Waals surface area contributed by atoms with Crippen LogP contribution in [0.5, 0.6) is 0 Å². The van der Waals surface area contributed by atoms with Crippen molar-refractivity contribution in [1.82, 2.24) is 14.5 Å². The maximum Gasteiger partial charge on any atom is 0.236 e. The van der Waals surface area contributed by atoms with Gasteiger partial charge in [0.2, 0.25) is 11.8 Å². The van der Waals surface area contributed by atoms with Gasteiger partial charge in [-0.05, 0) is 38.8 Å². The van der Waals surface area contributed by atoms with Crippen LogP contribution in [0.4, 0.5) is 0 Å². The van der Waals surface area contributed by atoms with Crippen LogP contribution < -0.4 is 0 Å². The molecular weight excluding hydrogens is 302 g/mol. The van der Waals surface area contributed by atoms with Crippen LogP contribution in [0, 0.1) is 11.8 Å². The van der Waals surface area contributed by atoms with Gasteiger partial charge >= 0.3 is 0 Å². The molecule has 1 aliphatic rings. The summed E-state index contributed by atoms with van der Waals surface area (Å²) in [4.78, 5) is 32.0. The average Bonchev–Trinajstić information content (AvgIpc) is 3.06. The van der Waals surface area contributed by atoms with E-state index in [2.05, 4.69) is 4.98 Å². The molecule has 1 aromatic heterocycles. The summed E-state index contributed by atoms with van der Waals surface area (Å²) in [5.74, 6) is -0.588. The molecular formula is C19H23N3O2. The van der Waals surface area contributed by atoms with E-state index in [0.717, 1.165) is 11.0 Å². The van der Waals surface area contributed by atoms with E-state index in [4.69, 9.17) is 0 Å². The van der Waals surface area contributed by atoms with E-state index in [1.165, 1.54) is 0 Å². The molecule has 0 saturated heterocycles. The minimum Gasteiger partial charge on any atom is -0.343 e. The monoisotopic (exact) mass is 325 g/mol. The van der Waals surface area contributed by atoms with Crippen LogP contribution in [0.15, 0.2) is 42.7 Å². The number of para-hydroxylation sites is 2. The standard InChI is InChI=1S/C19H23N3O2/c1-3-21(4-2)18(23)14-9-5-6-10-15(14)19(24)22-13-20-16-11-7-8-12-17(16)22/h5-8,11-15H,3-4,9-10H2,1-2H3. The molecule has 0 bridgehead atoms. The topological polar surface area (TPSA) is 55.2 Å². The summed E-state index contributed by atoms with van der Waals surface area (Å²) >= 11 is 0. The molecule has 0 saturated carbocycles. The van der Waals surface area contributed by atoms with Gasteiger partial charge < -0.3 is 4.90 Å². The maximum atomic E-state index is 13.1. The van der Waals surface area contributed by atoms with E-state index in [0.29, 0.717) is 25.9 Å². The molecule has 2 unspecified atom stereocenters. The Bertz CT molecular complexity index is 774. The summed E-state index contributed by atoms with van der Waals surface area (Å²) < 4.78 is 1.60. The van der Waals surface area contributed by atoms with Crippen molar-refractivity contribution >= 4 is 22.8 Å². The van der Waals surface area contributed by atoms with Crippen molar-refractivity contribution in [1.29, 1.82) is 0 Å². The first kappa shape index (κ1) is 16.4. The molecule has 0 radical (unpaired) electrons. The Morgan fingerprint density at radius 3 is 2.50 bits per heavy atom. The van der Waals surface area contributed by atoms with Crippen molar-refractivity contribution in [3.8, 4) is 0 Å². The molecule has 5 heteroatoms. The second kappa shape index (κ2) is 6.99. The molecule has 0 N–H and O–H groups in total. The Morgan fingerprint density at radius 2 is 1.79 bits per heavy atom. The molecule has 1 heterocycles. The number of nitrogens with zero attached hydrogens (tertiary/aromatic N) is 3. The van der Waals surface area contributed by atoms with Crippen molar-refractivity contribution in [2.45, 2.75) is 26.7 Å². The van der Waals surface area contributed by atoms with Crippen molar-refractivity contribution < 1.29 is 9.59 Å². The second-order valence-electron chi connectivity index (χ2n) is 6.11. The number of imidazole rings is 1. The number of amides is 1. The first-order valence-corrected chi connectivity index (χ1v) is 8.57. The molecule has 24 heavy (non-hydrogen) atoms. The lowest BCUT2D eigenvalue weighted by atomic mass is 9.81. The molecule has 2 atom stereocenters. The normalized spacial score (nSPS) is 20.2. The van der Waals surface area contributed by atoms with Gasteiger partial charge in [0.15, 0.2) is 0 Å². The van der Waals surface area contributed by atoms with Gasteiger partial charge in [-0.3, -0.25) is 14.2 Å². The largest absolute Gasteiger partial charge is 0.343 e. The SMILES string of the molecule is CCN(CC)C(=O)C1CC=CCC1C(=O)n1cnc2ccccc21. The predicted molar refractivity (Wildman–Crippen MR) is 93.6 cm³/mol. The summed E-state index contributed by atoms with van der Waals surface area (Å²) in [5.41, 5.74) is 1.59. The quantitative estimate of drug-likeness (QED) is 0.812. The Labute approximate surface area is 142 Å². The Kier molecular flexibility index (Phi) is 4.79. The fourth-order valence-electron chi connectivity index (χ4n) is 3.44. The van der Waals surface area contributed by atoms with Gasteiger partial charge in [-0.25, -0.2) is 4.98 Å². The van der Waals surface area contributed by atoms with Crippen LogP contribution in [0.2, 0.25) is 0 Å². The summed E-state index contributed by atoms with van der Waals surface area (Å²) in [6.45, 7) is 5.29. The molecule has 0 fully saturated rings. The van der Waals surface area contributed by atoms with E-state index in [9.17, 15) is 9.59 Å². The highest BCUT2D eigenvalue weighted by Crippen LogP contribution is 2.30. The minimum atomic E-state index is -0.333. The van der Waals surface area contributed by atoms with E-state index in [1.807, 2.05) is 55.2 Å². The van der Waals surface area contributed by atoms with Crippen molar-refractivity contribution in [2.24, 2.45) is 11.8 Å². The van der Waals surface area contributed by atoms with Crippen molar-refractivity contribution in [2.75, 3.05) is 13.1 Å². The third-order valence-corrected chi connectivity index (χ3v) is 4.83. The van der Waals surface area contributed by atoms with Crippen molar-refractivity contribution in [3.05, 3.63) is 42.7 Å². The lowest BCUT2D eigenvalue weighted by Gasteiger charge is -2.31. The molecule has 1 amide bonds. The maximum absolute atomic E-state index is 13.1. The zero-order valence-corrected chi connectivity index (χ0v) is 14.2. The van der Waals surface area contributed by atoms with Gasteiger partial charge in [0.1, 0.15) is 6.33 Å². The van der Waals surface area contributed by atoms with Gasteiger partial charge in [0, 0.05) is 13.1 Å². The molecule has 2 aromatic rings. The number of carbonyl (C=O) groups excluding carboxylic acids is 2. The van der Waals surface area contributed by atoms with Crippen LogP contribution in [0.3, 0.4) is 0 Å². The molecule has 0 spiro atoms. The van der Waals surface area contributed by atoms with Crippen LogP contribution in [0.25, 0.3) is 11.0 Å². The van der Waals surface area contributed by atoms with E-state index >= 15 is 0 Å². The predicted octanol–water partition coefficient (Wildman–Crippen LogP) is 3.13. The van der Waals surface area contributed by atoms with Crippen molar-refractivity contribution in [3.63, 3.8) is 0 Å². The van der Waals surface area contributed by atoms with E-state index in [1.54, 1.807) is 10.9 Å². The van der Waals surface area contributed by atoms with Gasteiger partial charge in [-0.1, -0.05) is 24.3 Å². The lowest BCUT2D eigenvalue weighted by molar-refractivity contribution is -0.136. The highest BCUT2D eigenvalue weighted by atomic mass is 16.2. The highest BCUT2D eigenvalue weighted by Gasteiger charge is 2.36. The molecule has 5 nitrogen and oxygen atoms in total. The van der Waals surface area contributed by atoms with Gasteiger partial charge in [-0.15, -0.1) is 0 Å². The number of fused-ring (bicyclic) bond motifs is 1. The number of rotatable bonds is 4. The van der Waals surface area contributed by atoms with Gasteiger partial charge in [0.05, 0.1) is 22.9 Å². The second-order valence-corrected chi connectivity index (χ2v) is 6.11. The molecule has 1 aliphatic carbocycles. The number of aromatic nitrogens is 2. The first-order chi connectivity index (χ1) is 11.7. The summed E-state index contributed by atoms with van der Waals surface area (Å²) in [7, 11) is 0. The average molecular weight is 325 g/mol. The number of carbonyl (C=O) groups is 2. The summed E-state index contributed by atoms with van der Waals surface area (Å²) in [6, 6.07) is 7.58. The molecule has 126 valence electrons. The Balaban J connectivity index is 1.92. The fraction of sp³-hybridized carbons (Fsp3) is 0.421. The minimum absolute atomic E-state index is 0.0430. The molecule has 3 rings (SSSR count). The number of hydrogen-bond acceptors (Lipinski definition) is 3. The van der Waals surface area contributed by atoms with E-state index in [-0.39, 0.29) is 23.7 Å². The van der Waals surface area contributed by atoms with Crippen LogP contribution >= 0.6 is 0 Å². The van der Waals surface area contributed by atoms with E-state index < -0.39 is 0 Å². The third kappa shape index (κ3) is 2.86. The molecule has 1 aromatic carbocycles. The summed E-state index contributed by atoms with van der Waals surface area (Å²) in [5, 5.41) is 0. The number of allylic oxidation sites excluding steroid dienone is 2. The zero-order valence-electron chi connectivity index (χ0n) is 14.2. The Hall–Kier alpha value is -2.43. The van der Waals surface area contributed by atoms with Gasteiger partial charge in [-0.2, -0.15) is 0 Å².